The highest BCUT2D eigenvalue weighted by Gasteiger charge is 2.08. The van der Waals surface area contributed by atoms with Gasteiger partial charge in [0.05, 0.1) is 6.10 Å². The molecule has 100 valence electrons. The van der Waals surface area contributed by atoms with Gasteiger partial charge in [-0.1, -0.05) is 18.2 Å². The van der Waals surface area contributed by atoms with Crippen LogP contribution in [-0.2, 0) is 6.61 Å². The maximum absolute atomic E-state index is 13.7. The van der Waals surface area contributed by atoms with Crippen LogP contribution < -0.4 is 4.74 Å². The van der Waals surface area contributed by atoms with Gasteiger partial charge in [0, 0.05) is 0 Å². The summed E-state index contributed by atoms with van der Waals surface area (Å²) >= 11 is 0. The molecule has 0 spiro atoms. The van der Waals surface area contributed by atoms with E-state index < -0.39 is 11.9 Å². The molecular formula is C15H15FO3. The highest BCUT2D eigenvalue weighted by Crippen LogP contribution is 2.23. The van der Waals surface area contributed by atoms with Gasteiger partial charge in [-0.05, 0) is 42.3 Å². The van der Waals surface area contributed by atoms with E-state index in [2.05, 4.69) is 0 Å². The molecule has 1 atom stereocenters. The van der Waals surface area contributed by atoms with Gasteiger partial charge in [-0.2, -0.15) is 0 Å². The molecule has 0 saturated heterocycles. The van der Waals surface area contributed by atoms with Gasteiger partial charge in [-0.25, -0.2) is 4.39 Å². The van der Waals surface area contributed by atoms with Gasteiger partial charge in [0.2, 0.25) is 0 Å². The molecule has 0 heterocycles. The second-order valence-corrected chi connectivity index (χ2v) is 4.32. The zero-order valence-corrected chi connectivity index (χ0v) is 10.5. The second-order valence-electron chi connectivity index (χ2n) is 4.32. The number of halogens is 1. The average Bonchev–Trinajstić information content (AvgIpc) is 2.37. The first-order valence-corrected chi connectivity index (χ1v) is 5.94. The number of hydrogen-bond acceptors (Lipinski definition) is 3. The lowest BCUT2D eigenvalue weighted by molar-refractivity contribution is 0.198. The maximum Gasteiger partial charge on any atom is 0.165 e. The van der Waals surface area contributed by atoms with Crippen molar-refractivity contribution in [1.29, 1.82) is 0 Å². The average molecular weight is 262 g/mol. The molecule has 0 unspecified atom stereocenters. The Bertz CT molecular complexity index is 567. The number of aliphatic hydroxyl groups is 1. The van der Waals surface area contributed by atoms with Crippen LogP contribution in [0.1, 0.15) is 24.2 Å². The minimum Gasteiger partial charge on any atom is -0.508 e. The van der Waals surface area contributed by atoms with Gasteiger partial charge in [0.25, 0.3) is 0 Å². The zero-order valence-electron chi connectivity index (χ0n) is 10.5. The van der Waals surface area contributed by atoms with Crippen LogP contribution in [0.25, 0.3) is 0 Å². The van der Waals surface area contributed by atoms with Gasteiger partial charge in [-0.3, -0.25) is 0 Å². The summed E-state index contributed by atoms with van der Waals surface area (Å²) in [6, 6.07) is 10.9. The molecule has 2 aromatic carbocycles. The minimum absolute atomic E-state index is 0.118. The van der Waals surface area contributed by atoms with Crippen LogP contribution in [0, 0.1) is 5.82 Å². The van der Waals surface area contributed by atoms with Crippen LogP contribution in [0.15, 0.2) is 42.5 Å². The molecule has 2 rings (SSSR count). The van der Waals surface area contributed by atoms with Crippen molar-refractivity contribution in [3.8, 4) is 11.5 Å². The quantitative estimate of drug-likeness (QED) is 0.889. The Hall–Kier alpha value is -2.07. The van der Waals surface area contributed by atoms with Crippen molar-refractivity contribution < 1.29 is 19.3 Å². The van der Waals surface area contributed by atoms with Crippen LogP contribution in [0.5, 0.6) is 11.5 Å². The summed E-state index contributed by atoms with van der Waals surface area (Å²) in [6.45, 7) is 1.74. The molecule has 0 aliphatic carbocycles. The van der Waals surface area contributed by atoms with Crippen LogP contribution in [0.2, 0.25) is 0 Å². The molecule has 0 aliphatic rings. The normalized spacial score (nSPS) is 12.2. The zero-order chi connectivity index (χ0) is 13.8. The molecule has 0 fully saturated rings. The Morgan fingerprint density at radius 3 is 2.63 bits per heavy atom. The number of aromatic hydroxyl groups is 1. The number of phenolic OH excluding ortho intramolecular Hbond substituents is 1. The summed E-state index contributed by atoms with van der Waals surface area (Å²) in [4.78, 5) is 0. The summed E-state index contributed by atoms with van der Waals surface area (Å²) in [5.74, 6) is -0.252. The van der Waals surface area contributed by atoms with E-state index in [4.69, 9.17) is 4.74 Å². The van der Waals surface area contributed by atoms with Crippen LogP contribution >= 0.6 is 0 Å². The van der Waals surface area contributed by atoms with Crippen molar-refractivity contribution in [3.05, 3.63) is 59.4 Å². The fraction of sp³-hybridized carbons (Fsp3) is 0.200. The number of benzene rings is 2. The molecule has 4 heteroatoms. The fourth-order valence-electron chi connectivity index (χ4n) is 1.70. The monoisotopic (exact) mass is 262 g/mol. The molecule has 0 aromatic heterocycles. The Labute approximate surface area is 110 Å². The van der Waals surface area contributed by atoms with E-state index in [1.165, 1.54) is 12.1 Å². The van der Waals surface area contributed by atoms with Gasteiger partial charge in [0.15, 0.2) is 11.6 Å². The lowest BCUT2D eigenvalue weighted by atomic mass is 10.1. The predicted molar refractivity (Wildman–Crippen MR) is 69.5 cm³/mol. The standard InChI is InChI=1S/C15H15FO3/c1-10(17)12-5-6-15(14(16)8-12)19-9-11-3-2-4-13(18)7-11/h2-8,10,17-18H,9H2,1H3/t10-/m0/s1. The van der Waals surface area contributed by atoms with Crippen LogP contribution in [0.4, 0.5) is 4.39 Å². The van der Waals surface area contributed by atoms with Crippen LogP contribution in [0.3, 0.4) is 0 Å². The van der Waals surface area contributed by atoms with E-state index in [1.54, 1.807) is 37.3 Å². The van der Waals surface area contributed by atoms with E-state index in [0.717, 1.165) is 5.56 Å². The van der Waals surface area contributed by atoms with Crippen molar-refractivity contribution in [2.45, 2.75) is 19.6 Å². The number of aliphatic hydroxyl groups excluding tert-OH is 1. The van der Waals surface area contributed by atoms with E-state index in [0.29, 0.717) is 5.56 Å². The third kappa shape index (κ3) is 3.45. The summed E-state index contributed by atoms with van der Waals surface area (Å²) in [5.41, 5.74) is 1.25. The topological polar surface area (TPSA) is 49.7 Å². The summed E-state index contributed by atoms with van der Waals surface area (Å²) in [6.07, 6.45) is -0.713. The highest BCUT2D eigenvalue weighted by atomic mass is 19.1. The molecule has 19 heavy (non-hydrogen) atoms. The van der Waals surface area contributed by atoms with E-state index in [1.807, 2.05) is 0 Å². The SMILES string of the molecule is C[C@H](O)c1ccc(OCc2cccc(O)c2)c(F)c1. The highest BCUT2D eigenvalue weighted by molar-refractivity contribution is 5.31. The van der Waals surface area contributed by atoms with E-state index in [9.17, 15) is 14.6 Å². The first-order valence-electron chi connectivity index (χ1n) is 5.94. The largest absolute Gasteiger partial charge is 0.508 e. The fourth-order valence-corrected chi connectivity index (χ4v) is 1.70. The lowest BCUT2D eigenvalue weighted by Gasteiger charge is -2.10. The second kappa shape index (κ2) is 5.71. The Kier molecular flexibility index (Phi) is 4.02. The number of ether oxygens (including phenoxy) is 1. The summed E-state index contributed by atoms with van der Waals surface area (Å²) < 4.78 is 19.1. The van der Waals surface area contributed by atoms with Crippen molar-refractivity contribution in [3.63, 3.8) is 0 Å². The minimum atomic E-state index is -0.713. The smallest absolute Gasteiger partial charge is 0.165 e. The van der Waals surface area contributed by atoms with Gasteiger partial charge in [-0.15, -0.1) is 0 Å². The van der Waals surface area contributed by atoms with E-state index in [-0.39, 0.29) is 18.1 Å². The van der Waals surface area contributed by atoms with Gasteiger partial charge < -0.3 is 14.9 Å². The summed E-state index contributed by atoms with van der Waals surface area (Å²) in [5, 5.41) is 18.6. The molecule has 3 nitrogen and oxygen atoms in total. The first kappa shape index (κ1) is 13.4. The van der Waals surface area contributed by atoms with E-state index >= 15 is 0 Å². The van der Waals surface area contributed by atoms with Gasteiger partial charge in [0.1, 0.15) is 12.4 Å². The van der Waals surface area contributed by atoms with Crippen molar-refractivity contribution in [2.75, 3.05) is 0 Å². The third-order valence-electron chi connectivity index (χ3n) is 2.74. The predicted octanol–water partition coefficient (Wildman–Crippen LogP) is 3.16. The molecular weight excluding hydrogens is 247 g/mol. The number of hydrogen-bond donors (Lipinski definition) is 2. The maximum atomic E-state index is 13.7. The first-order chi connectivity index (χ1) is 9.06. The molecule has 2 N–H and O–H groups in total. The Balaban J connectivity index is 2.07. The van der Waals surface area contributed by atoms with Gasteiger partial charge >= 0.3 is 0 Å². The van der Waals surface area contributed by atoms with Crippen molar-refractivity contribution >= 4 is 0 Å². The Morgan fingerprint density at radius 2 is 2.00 bits per heavy atom. The molecule has 0 saturated carbocycles. The Morgan fingerprint density at radius 1 is 1.21 bits per heavy atom. The molecule has 0 radical (unpaired) electrons. The van der Waals surface area contributed by atoms with Crippen LogP contribution in [-0.4, -0.2) is 10.2 Å². The number of rotatable bonds is 4. The number of phenols is 1. The van der Waals surface area contributed by atoms with Crippen molar-refractivity contribution in [1.82, 2.24) is 0 Å². The lowest BCUT2D eigenvalue weighted by Crippen LogP contribution is -1.99. The summed E-state index contributed by atoms with van der Waals surface area (Å²) in [7, 11) is 0. The molecule has 0 amide bonds. The third-order valence-corrected chi connectivity index (χ3v) is 2.74. The molecule has 0 aliphatic heterocycles. The molecule has 0 bridgehead atoms. The van der Waals surface area contributed by atoms with Crippen molar-refractivity contribution in [2.24, 2.45) is 0 Å². The molecule has 2 aromatic rings.